The summed E-state index contributed by atoms with van der Waals surface area (Å²) in [6.07, 6.45) is 1.47. The Kier molecular flexibility index (Phi) is 5.43. The molecule has 0 bridgehead atoms. The number of methoxy groups -OCH3 is 2. The summed E-state index contributed by atoms with van der Waals surface area (Å²) in [6, 6.07) is 3.17. The Balaban J connectivity index is 2.61. The summed E-state index contributed by atoms with van der Waals surface area (Å²) >= 11 is 0. The highest BCUT2D eigenvalue weighted by atomic mass is 16.6. The Bertz CT molecular complexity index is 381. The molecule has 0 unspecified atom stereocenters. The molecule has 0 aliphatic heterocycles. The lowest BCUT2D eigenvalue weighted by atomic mass is 10.4. The van der Waals surface area contributed by atoms with E-state index in [9.17, 15) is 9.59 Å². The first kappa shape index (κ1) is 13.8. The van der Waals surface area contributed by atoms with Crippen LogP contribution in [0.15, 0.2) is 18.3 Å². The number of esters is 2. The second-order valence-electron chi connectivity index (χ2n) is 3.04. The monoisotopic (exact) mass is 255 g/mol. The van der Waals surface area contributed by atoms with Crippen molar-refractivity contribution in [3.63, 3.8) is 0 Å². The van der Waals surface area contributed by atoms with Crippen LogP contribution in [0.5, 0.6) is 11.6 Å². The van der Waals surface area contributed by atoms with Gasteiger partial charge in [0.15, 0.2) is 19.0 Å². The molecule has 18 heavy (non-hydrogen) atoms. The molecule has 0 N–H and O–H groups in total. The third kappa shape index (κ3) is 4.28. The molecule has 7 heteroatoms. The predicted octanol–water partition coefficient (Wildman–Crippen LogP) is 0.185. The average molecular weight is 255 g/mol. The zero-order valence-corrected chi connectivity index (χ0v) is 10.0. The molecule has 0 saturated carbocycles. The van der Waals surface area contributed by atoms with Gasteiger partial charge >= 0.3 is 11.9 Å². The quantitative estimate of drug-likeness (QED) is 0.670. The zero-order valence-electron chi connectivity index (χ0n) is 10.0. The fraction of sp³-hybridized carbons (Fsp3) is 0.364. The molecule has 0 atom stereocenters. The molecule has 1 aromatic heterocycles. The molecule has 7 nitrogen and oxygen atoms in total. The summed E-state index contributed by atoms with van der Waals surface area (Å²) in [6.45, 7) is -0.557. The van der Waals surface area contributed by atoms with Gasteiger partial charge in [0.2, 0.25) is 0 Å². The number of aromatic nitrogens is 1. The summed E-state index contributed by atoms with van der Waals surface area (Å²) in [5.74, 6) is -0.726. The first-order valence-corrected chi connectivity index (χ1v) is 5.01. The smallest absolute Gasteiger partial charge is 0.343 e. The van der Waals surface area contributed by atoms with Crippen molar-refractivity contribution in [2.75, 3.05) is 27.4 Å². The van der Waals surface area contributed by atoms with Gasteiger partial charge in [-0.2, -0.15) is 0 Å². The van der Waals surface area contributed by atoms with Crippen molar-refractivity contribution in [3.8, 4) is 11.6 Å². The predicted molar refractivity (Wildman–Crippen MR) is 59.3 cm³/mol. The van der Waals surface area contributed by atoms with E-state index in [1.54, 1.807) is 12.1 Å². The minimum absolute atomic E-state index is 0.104. The lowest BCUT2D eigenvalue weighted by molar-refractivity contribution is -0.144. The summed E-state index contributed by atoms with van der Waals surface area (Å²) in [5.41, 5.74) is 0. The highest BCUT2D eigenvalue weighted by Crippen LogP contribution is 2.23. The molecule has 1 heterocycles. The number of carbonyl (C=O) groups excluding carboxylic acids is 2. The van der Waals surface area contributed by atoms with E-state index >= 15 is 0 Å². The van der Waals surface area contributed by atoms with Crippen molar-refractivity contribution < 1.29 is 28.5 Å². The van der Waals surface area contributed by atoms with Gasteiger partial charge in [0, 0.05) is 6.20 Å². The molecule has 0 saturated heterocycles. The second kappa shape index (κ2) is 7.10. The molecule has 98 valence electrons. The fourth-order valence-corrected chi connectivity index (χ4v) is 0.976. The topological polar surface area (TPSA) is 84.0 Å². The molecule has 0 spiro atoms. The molecule has 1 aromatic rings. The van der Waals surface area contributed by atoms with Crippen LogP contribution in [0.4, 0.5) is 0 Å². The summed E-state index contributed by atoms with van der Waals surface area (Å²) in [7, 11) is 2.50. The number of hydrogen-bond donors (Lipinski definition) is 0. The number of carbonyl (C=O) groups is 2. The molecular weight excluding hydrogens is 242 g/mol. The third-order valence-corrected chi connectivity index (χ3v) is 1.86. The van der Waals surface area contributed by atoms with Gasteiger partial charge < -0.3 is 18.9 Å². The minimum Gasteiger partial charge on any atom is -0.476 e. The lowest BCUT2D eigenvalue weighted by Crippen LogP contribution is -2.16. The van der Waals surface area contributed by atoms with Crippen molar-refractivity contribution in [2.45, 2.75) is 0 Å². The van der Waals surface area contributed by atoms with Crippen molar-refractivity contribution in [3.05, 3.63) is 18.3 Å². The maximum absolute atomic E-state index is 10.9. The van der Waals surface area contributed by atoms with Gasteiger partial charge in [0.05, 0.1) is 14.2 Å². The SMILES string of the molecule is COC(=O)COc1cccnc1OCC(=O)OC. The zero-order chi connectivity index (χ0) is 13.4. The lowest BCUT2D eigenvalue weighted by Gasteiger charge is -2.09. The van der Waals surface area contributed by atoms with E-state index in [0.29, 0.717) is 0 Å². The highest BCUT2D eigenvalue weighted by molar-refractivity contribution is 5.71. The Morgan fingerprint density at radius 2 is 1.72 bits per heavy atom. The van der Waals surface area contributed by atoms with Gasteiger partial charge in [0.1, 0.15) is 0 Å². The summed E-state index contributed by atoms with van der Waals surface area (Å²) in [4.78, 5) is 25.7. The van der Waals surface area contributed by atoms with Crippen LogP contribution < -0.4 is 9.47 Å². The van der Waals surface area contributed by atoms with Crippen LogP contribution in [-0.2, 0) is 19.1 Å². The molecule has 0 aliphatic carbocycles. The van der Waals surface area contributed by atoms with E-state index < -0.39 is 11.9 Å². The second-order valence-corrected chi connectivity index (χ2v) is 3.04. The van der Waals surface area contributed by atoms with E-state index in [1.165, 1.54) is 20.4 Å². The third-order valence-electron chi connectivity index (χ3n) is 1.86. The van der Waals surface area contributed by atoms with E-state index in [-0.39, 0.29) is 24.8 Å². The maximum Gasteiger partial charge on any atom is 0.343 e. The van der Waals surface area contributed by atoms with Crippen LogP contribution in [0.2, 0.25) is 0 Å². The van der Waals surface area contributed by atoms with Gasteiger partial charge in [-0.05, 0) is 12.1 Å². The van der Waals surface area contributed by atoms with E-state index in [2.05, 4.69) is 14.5 Å². The van der Waals surface area contributed by atoms with Crippen LogP contribution >= 0.6 is 0 Å². The van der Waals surface area contributed by atoms with E-state index in [4.69, 9.17) is 9.47 Å². The minimum atomic E-state index is -0.542. The molecule has 0 aromatic carbocycles. The number of pyridine rings is 1. The van der Waals surface area contributed by atoms with Crippen molar-refractivity contribution in [1.29, 1.82) is 0 Å². The van der Waals surface area contributed by atoms with Crippen LogP contribution in [0, 0.1) is 0 Å². The first-order valence-electron chi connectivity index (χ1n) is 5.01. The Morgan fingerprint density at radius 3 is 2.33 bits per heavy atom. The summed E-state index contributed by atoms with van der Waals surface area (Å²) < 4.78 is 19.1. The van der Waals surface area contributed by atoms with Gasteiger partial charge in [-0.25, -0.2) is 14.6 Å². The standard InChI is InChI=1S/C11H13NO6/c1-15-9(13)6-17-8-4-3-5-12-11(8)18-7-10(14)16-2/h3-5H,6-7H2,1-2H3. The number of nitrogens with zero attached hydrogens (tertiary/aromatic N) is 1. The number of ether oxygens (including phenoxy) is 4. The van der Waals surface area contributed by atoms with Crippen LogP contribution in [-0.4, -0.2) is 44.4 Å². The van der Waals surface area contributed by atoms with Crippen molar-refractivity contribution in [1.82, 2.24) is 4.98 Å². The van der Waals surface area contributed by atoms with Crippen LogP contribution in [0.3, 0.4) is 0 Å². The Labute approximate surface area is 104 Å². The molecule has 0 aliphatic rings. The average Bonchev–Trinajstić information content (AvgIpc) is 2.42. The first-order chi connectivity index (χ1) is 8.67. The Hall–Kier alpha value is -2.31. The van der Waals surface area contributed by atoms with Crippen molar-refractivity contribution >= 4 is 11.9 Å². The van der Waals surface area contributed by atoms with Gasteiger partial charge in [-0.1, -0.05) is 0 Å². The molecule has 1 rings (SSSR count). The van der Waals surface area contributed by atoms with E-state index in [1.807, 2.05) is 0 Å². The largest absolute Gasteiger partial charge is 0.476 e. The normalized spacial score (nSPS) is 9.44. The molecule has 0 amide bonds. The van der Waals surface area contributed by atoms with E-state index in [0.717, 1.165) is 0 Å². The van der Waals surface area contributed by atoms with Crippen LogP contribution in [0.1, 0.15) is 0 Å². The summed E-state index contributed by atoms with van der Waals surface area (Å²) in [5, 5.41) is 0. The van der Waals surface area contributed by atoms with Gasteiger partial charge in [-0.15, -0.1) is 0 Å². The van der Waals surface area contributed by atoms with Crippen molar-refractivity contribution in [2.24, 2.45) is 0 Å². The maximum atomic E-state index is 10.9. The fourth-order valence-electron chi connectivity index (χ4n) is 0.976. The van der Waals surface area contributed by atoms with Crippen LogP contribution in [0.25, 0.3) is 0 Å². The molecular formula is C11H13NO6. The molecule has 0 fully saturated rings. The van der Waals surface area contributed by atoms with Gasteiger partial charge in [-0.3, -0.25) is 0 Å². The highest BCUT2D eigenvalue weighted by Gasteiger charge is 2.10. The molecule has 0 radical (unpaired) electrons. The Morgan fingerprint density at radius 1 is 1.11 bits per heavy atom. The number of rotatable bonds is 6. The number of hydrogen-bond acceptors (Lipinski definition) is 7. The van der Waals surface area contributed by atoms with Gasteiger partial charge in [0.25, 0.3) is 5.88 Å².